The largest absolute Gasteiger partial charge is 0.451 e. The van der Waals surface area contributed by atoms with Crippen LogP contribution in [0.1, 0.15) is 28.0 Å². The van der Waals surface area contributed by atoms with Gasteiger partial charge in [-0.15, -0.1) is 10.2 Å². The van der Waals surface area contributed by atoms with Crippen LogP contribution in [0.25, 0.3) is 11.0 Å². The Bertz CT molecular complexity index is 1060. The molecule has 1 aromatic carbocycles. The summed E-state index contributed by atoms with van der Waals surface area (Å²) in [5.74, 6) is 0.252. The molecule has 0 bridgehead atoms. The van der Waals surface area contributed by atoms with Crippen LogP contribution in [0.15, 0.2) is 33.0 Å². The molecular formula is C17H19N3O4S3. The van der Waals surface area contributed by atoms with E-state index in [4.69, 9.17) is 4.42 Å². The zero-order valence-corrected chi connectivity index (χ0v) is 17.3. The molecule has 0 saturated heterocycles. The van der Waals surface area contributed by atoms with E-state index in [2.05, 4.69) is 15.5 Å². The second kappa shape index (κ2) is 8.41. The number of para-hydroxylation sites is 1. The molecule has 1 N–H and O–H groups in total. The third-order valence-electron chi connectivity index (χ3n) is 3.89. The maximum Gasteiger partial charge on any atom is 0.287 e. The van der Waals surface area contributed by atoms with Gasteiger partial charge in [-0.1, -0.05) is 48.2 Å². The van der Waals surface area contributed by atoms with E-state index in [0.29, 0.717) is 11.3 Å². The molecule has 0 atom stereocenters. The Labute approximate surface area is 165 Å². The summed E-state index contributed by atoms with van der Waals surface area (Å²) in [6.07, 6.45) is 0. The van der Waals surface area contributed by atoms with E-state index in [9.17, 15) is 13.2 Å². The number of hydrogen-bond donors (Lipinski definition) is 1. The Hall–Kier alpha value is -1.91. The number of fused-ring (bicyclic) bond motifs is 1. The molecule has 0 saturated carbocycles. The number of aryl methyl sites for hydroxylation is 1. The molecule has 0 aliphatic rings. The fourth-order valence-electron chi connectivity index (χ4n) is 2.44. The molecule has 0 aliphatic carbocycles. The molecule has 3 aromatic rings. The first-order chi connectivity index (χ1) is 12.9. The molecule has 144 valence electrons. The highest BCUT2D eigenvalue weighted by Crippen LogP contribution is 2.33. The van der Waals surface area contributed by atoms with Gasteiger partial charge in [-0.2, -0.15) is 0 Å². The molecule has 0 radical (unpaired) electrons. The van der Waals surface area contributed by atoms with Gasteiger partial charge in [0.2, 0.25) is 0 Å². The van der Waals surface area contributed by atoms with Gasteiger partial charge in [0.15, 0.2) is 19.9 Å². The van der Waals surface area contributed by atoms with Crippen LogP contribution in [0.5, 0.6) is 0 Å². The SMILES string of the molecule is CCS(=O)(=O)CCNC(=O)c1oc2ccccc2c1CSc1nnc(C)s1. The van der Waals surface area contributed by atoms with Gasteiger partial charge < -0.3 is 9.73 Å². The number of carbonyl (C=O) groups is 1. The third kappa shape index (κ3) is 4.88. The number of furan rings is 1. The molecule has 2 heterocycles. The molecule has 0 fully saturated rings. The zero-order chi connectivity index (χ0) is 19.4. The third-order valence-corrected chi connectivity index (χ3v) is 7.59. The molecule has 27 heavy (non-hydrogen) atoms. The monoisotopic (exact) mass is 425 g/mol. The number of thioether (sulfide) groups is 1. The van der Waals surface area contributed by atoms with Gasteiger partial charge in [-0.3, -0.25) is 4.79 Å². The average molecular weight is 426 g/mol. The van der Waals surface area contributed by atoms with Gasteiger partial charge in [0.1, 0.15) is 10.6 Å². The van der Waals surface area contributed by atoms with Crippen molar-refractivity contribution in [1.29, 1.82) is 0 Å². The molecule has 3 rings (SSSR count). The molecule has 10 heteroatoms. The average Bonchev–Trinajstić information content (AvgIpc) is 3.23. The number of benzene rings is 1. The highest BCUT2D eigenvalue weighted by Gasteiger charge is 2.21. The Morgan fingerprint density at radius 1 is 1.30 bits per heavy atom. The van der Waals surface area contributed by atoms with E-state index in [1.807, 2.05) is 25.1 Å². The second-order valence-electron chi connectivity index (χ2n) is 5.77. The van der Waals surface area contributed by atoms with Crippen molar-refractivity contribution >= 4 is 49.8 Å². The quantitative estimate of drug-likeness (QED) is 0.553. The summed E-state index contributed by atoms with van der Waals surface area (Å²) in [4.78, 5) is 12.6. The molecule has 1 amide bonds. The Balaban J connectivity index is 1.80. The minimum absolute atomic E-state index is 0.0498. The lowest BCUT2D eigenvalue weighted by Crippen LogP contribution is -2.29. The Morgan fingerprint density at radius 2 is 2.07 bits per heavy atom. The summed E-state index contributed by atoms with van der Waals surface area (Å²) < 4.78 is 29.8. The van der Waals surface area contributed by atoms with Crippen molar-refractivity contribution in [1.82, 2.24) is 15.5 Å². The summed E-state index contributed by atoms with van der Waals surface area (Å²) in [5.41, 5.74) is 1.38. The van der Waals surface area contributed by atoms with Crippen LogP contribution < -0.4 is 5.32 Å². The number of amides is 1. The molecule has 2 aromatic heterocycles. The lowest BCUT2D eigenvalue weighted by Gasteiger charge is -2.05. The summed E-state index contributed by atoms with van der Waals surface area (Å²) >= 11 is 2.98. The van der Waals surface area contributed by atoms with Crippen molar-refractivity contribution in [3.63, 3.8) is 0 Å². The number of hydrogen-bond acceptors (Lipinski definition) is 8. The van der Waals surface area contributed by atoms with Crippen molar-refractivity contribution in [2.24, 2.45) is 0 Å². The van der Waals surface area contributed by atoms with Crippen LogP contribution in [0.3, 0.4) is 0 Å². The van der Waals surface area contributed by atoms with E-state index in [-0.39, 0.29) is 23.8 Å². The smallest absolute Gasteiger partial charge is 0.287 e. The second-order valence-corrected chi connectivity index (χ2v) is 10.7. The van der Waals surface area contributed by atoms with Gasteiger partial charge >= 0.3 is 0 Å². The van der Waals surface area contributed by atoms with E-state index in [1.165, 1.54) is 23.1 Å². The minimum atomic E-state index is -3.14. The van der Waals surface area contributed by atoms with Gasteiger partial charge in [-0.25, -0.2) is 8.42 Å². The number of nitrogens with one attached hydrogen (secondary N) is 1. The fraction of sp³-hybridized carbons (Fsp3) is 0.353. The topological polar surface area (TPSA) is 102 Å². The first-order valence-corrected chi connectivity index (χ1v) is 11.9. The van der Waals surface area contributed by atoms with Crippen molar-refractivity contribution in [3.05, 3.63) is 40.6 Å². The van der Waals surface area contributed by atoms with Crippen molar-refractivity contribution in [3.8, 4) is 0 Å². The fourth-order valence-corrected chi connectivity index (χ4v) is 4.99. The zero-order valence-electron chi connectivity index (χ0n) is 14.9. The highest BCUT2D eigenvalue weighted by molar-refractivity contribution is 8.00. The van der Waals surface area contributed by atoms with Crippen LogP contribution in [0.4, 0.5) is 0 Å². The maximum atomic E-state index is 12.6. The van der Waals surface area contributed by atoms with E-state index >= 15 is 0 Å². The summed E-state index contributed by atoms with van der Waals surface area (Å²) in [6.45, 7) is 3.52. The molecule has 0 unspecified atom stereocenters. The minimum Gasteiger partial charge on any atom is -0.451 e. The standard InChI is InChI=1S/C17H19N3O4S3/c1-3-27(22,23)9-8-18-16(21)15-13(10-25-17-20-19-11(2)26-17)12-6-4-5-7-14(12)24-15/h4-7H,3,8-10H2,1-2H3,(H,18,21). The van der Waals surface area contributed by atoms with Crippen molar-refractivity contribution in [2.45, 2.75) is 23.9 Å². The van der Waals surface area contributed by atoms with Crippen LogP contribution >= 0.6 is 23.1 Å². The van der Waals surface area contributed by atoms with Crippen molar-refractivity contribution < 1.29 is 17.6 Å². The number of sulfone groups is 1. The van der Waals surface area contributed by atoms with Gasteiger partial charge in [0, 0.05) is 29.0 Å². The predicted molar refractivity (Wildman–Crippen MR) is 107 cm³/mol. The molecule has 7 nitrogen and oxygen atoms in total. The molecule has 0 aliphatic heterocycles. The number of carbonyl (C=O) groups excluding carboxylic acids is 1. The maximum absolute atomic E-state index is 12.6. The first-order valence-electron chi connectivity index (χ1n) is 8.31. The van der Waals surface area contributed by atoms with Gasteiger partial charge in [0.25, 0.3) is 5.91 Å². The van der Waals surface area contributed by atoms with E-state index in [1.54, 1.807) is 13.0 Å². The Kier molecular flexibility index (Phi) is 6.18. The number of aromatic nitrogens is 2. The summed E-state index contributed by atoms with van der Waals surface area (Å²) in [7, 11) is -3.14. The first kappa shape index (κ1) is 19.8. The van der Waals surface area contributed by atoms with Gasteiger partial charge in [-0.05, 0) is 13.0 Å². The van der Waals surface area contributed by atoms with E-state index < -0.39 is 15.7 Å². The number of nitrogens with zero attached hydrogens (tertiary/aromatic N) is 2. The summed E-state index contributed by atoms with van der Waals surface area (Å²) in [6, 6.07) is 7.43. The summed E-state index contributed by atoms with van der Waals surface area (Å²) in [5, 5.41) is 12.5. The predicted octanol–water partition coefficient (Wildman–Crippen LogP) is 3.05. The lowest BCUT2D eigenvalue weighted by molar-refractivity contribution is 0.0929. The van der Waals surface area contributed by atoms with Crippen LogP contribution in [-0.4, -0.2) is 42.6 Å². The van der Waals surface area contributed by atoms with Crippen LogP contribution in [0.2, 0.25) is 0 Å². The van der Waals surface area contributed by atoms with Gasteiger partial charge in [0.05, 0.1) is 5.75 Å². The molecule has 0 spiro atoms. The van der Waals surface area contributed by atoms with Crippen LogP contribution in [-0.2, 0) is 15.6 Å². The molecular weight excluding hydrogens is 406 g/mol. The van der Waals surface area contributed by atoms with E-state index in [0.717, 1.165) is 20.3 Å². The highest BCUT2D eigenvalue weighted by atomic mass is 32.2. The number of rotatable bonds is 8. The Morgan fingerprint density at radius 3 is 2.78 bits per heavy atom. The lowest BCUT2D eigenvalue weighted by atomic mass is 10.1. The normalized spacial score (nSPS) is 11.8. The van der Waals surface area contributed by atoms with Crippen molar-refractivity contribution in [2.75, 3.05) is 18.1 Å². The van der Waals surface area contributed by atoms with Crippen LogP contribution in [0, 0.1) is 6.92 Å².